The Morgan fingerprint density at radius 3 is 2.64 bits per heavy atom. The molecule has 1 heterocycles. The lowest BCUT2D eigenvalue weighted by atomic mass is 9.92. The molecule has 0 unspecified atom stereocenters. The number of carbonyl (C=O) groups is 2. The van der Waals surface area contributed by atoms with Crippen LogP contribution < -0.4 is 14.8 Å². The second kappa shape index (κ2) is 6.68. The minimum Gasteiger partial charge on any atom is -0.497 e. The first-order valence-electron chi connectivity index (χ1n) is 7.30. The molecule has 0 aliphatic carbocycles. The number of amides is 2. The molecule has 1 aliphatic rings. The minimum atomic E-state index is -0.417. The van der Waals surface area contributed by atoms with Gasteiger partial charge in [0, 0.05) is 31.6 Å². The van der Waals surface area contributed by atoms with Crippen LogP contribution in [0.2, 0.25) is 0 Å². The SMILES string of the molecule is CCN1C(=O)C[C@H](C(=O)NC)[C@H]1c1ccc(OC)cc1OC. The van der Waals surface area contributed by atoms with Gasteiger partial charge < -0.3 is 19.7 Å². The highest BCUT2D eigenvalue weighted by atomic mass is 16.5. The number of benzene rings is 1. The van der Waals surface area contributed by atoms with E-state index in [1.807, 2.05) is 19.1 Å². The summed E-state index contributed by atoms with van der Waals surface area (Å²) in [7, 11) is 4.74. The van der Waals surface area contributed by atoms with E-state index < -0.39 is 5.92 Å². The second-order valence-corrected chi connectivity index (χ2v) is 5.16. The van der Waals surface area contributed by atoms with Crippen molar-refractivity contribution < 1.29 is 19.1 Å². The molecular weight excluding hydrogens is 284 g/mol. The Kier molecular flexibility index (Phi) is 4.90. The fraction of sp³-hybridized carbons (Fsp3) is 0.500. The van der Waals surface area contributed by atoms with E-state index in [0.717, 1.165) is 5.56 Å². The number of nitrogens with one attached hydrogen (secondary N) is 1. The van der Waals surface area contributed by atoms with Crippen molar-refractivity contribution in [3.05, 3.63) is 23.8 Å². The highest BCUT2D eigenvalue weighted by Crippen LogP contribution is 2.42. The molecule has 120 valence electrons. The smallest absolute Gasteiger partial charge is 0.225 e. The molecule has 2 rings (SSSR count). The van der Waals surface area contributed by atoms with E-state index in [-0.39, 0.29) is 24.3 Å². The van der Waals surface area contributed by atoms with Crippen LogP contribution in [0.15, 0.2) is 18.2 Å². The van der Waals surface area contributed by atoms with Gasteiger partial charge in [-0.15, -0.1) is 0 Å². The van der Waals surface area contributed by atoms with Crippen LogP contribution in [0.1, 0.15) is 24.9 Å². The van der Waals surface area contributed by atoms with Gasteiger partial charge >= 0.3 is 0 Å². The summed E-state index contributed by atoms with van der Waals surface area (Å²) in [6, 6.07) is 5.13. The average molecular weight is 306 g/mol. The molecular formula is C16H22N2O4. The zero-order chi connectivity index (χ0) is 16.3. The van der Waals surface area contributed by atoms with Crippen LogP contribution in [0.5, 0.6) is 11.5 Å². The van der Waals surface area contributed by atoms with Crippen molar-refractivity contribution in [2.45, 2.75) is 19.4 Å². The lowest BCUT2D eigenvalue weighted by Crippen LogP contribution is -2.34. The van der Waals surface area contributed by atoms with Gasteiger partial charge in [-0.05, 0) is 19.1 Å². The molecule has 0 aromatic heterocycles. The van der Waals surface area contributed by atoms with E-state index in [1.54, 1.807) is 32.2 Å². The summed E-state index contributed by atoms with van der Waals surface area (Å²) in [5, 5.41) is 2.65. The Balaban J connectivity index is 2.49. The monoisotopic (exact) mass is 306 g/mol. The van der Waals surface area contributed by atoms with Crippen LogP contribution in [0.25, 0.3) is 0 Å². The Morgan fingerprint density at radius 1 is 1.36 bits per heavy atom. The standard InChI is InChI=1S/C16H22N2O4/c1-5-18-14(19)9-12(16(20)17-2)15(18)11-7-6-10(21-3)8-13(11)22-4/h6-8,12,15H,5,9H2,1-4H3,(H,17,20)/t12-,15+/m0/s1. The molecule has 0 saturated carbocycles. The van der Waals surface area contributed by atoms with Crippen LogP contribution in [0.4, 0.5) is 0 Å². The van der Waals surface area contributed by atoms with Crippen molar-refractivity contribution in [2.24, 2.45) is 5.92 Å². The predicted molar refractivity (Wildman–Crippen MR) is 81.8 cm³/mol. The van der Waals surface area contributed by atoms with E-state index in [2.05, 4.69) is 5.32 Å². The average Bonchev–Trinajstić information content (AvgIpc) is 2.89. The predicted octanol–water partition coefficient (Wildman–Crippen LogP) is 1.36. The first-order valence-corrected chi connectivity index (χ1v) is 7.30. The second-order valence-electron chi connectivity index (χ2n) is 5.16. The van der Waals surface area contributed by atoms with E-state index in [9.17, 15) is 9.59 Å². The highest BCUT2D eigenvalue weighted by molar-refractivity contribution is 5.90. The minimum absolute atomic E-state index is 0.0148. The third-order valence-corrected chi connectivity index (χ3v) is 4.11. The molecule has 0 spiro atoms. The van der Waals surface area contributed by atoms with Gasteiger partial charge in [0.05, 0.1) is 26.2 Å². The molecule has 1 saturated heterocycles. The first-order chi connectivity index (χ1) is 10.6. The highest BCUT2D eigenvalue weighted by Gasteiger charge is 2.44. The third-order valence-electron chi connectivity index (χ3n) is 4.11. The molecule has 2 amide bonds. The molecule has 1 fully saturated rings. The van der Waals surface area contributed by atoms with E-state index in [4.69, 9.17) is 9.47 Å². The Morgan fingerprint density at radius 2 is 2.09 bits per heavy atom. The normalized spacial score (nSPS) is 20.9. The Labute approximate surface area is 130 Å². The van der Waals surface area contributed by atoms with Crippen molar-refractivity contribution in [2.75, 3.05) is 27.8 Å². The molecule has 0 radical (unpaired) electrons. The summed E-state index contributed by atoms with van der Waals surface area (Å²) >= 11 is 0. The summed E-state index contributed by atoms with van der Waals surface area (Å²) in [5.41, 5.74) is 0.824. The van der Waals surface area contributed by atoms with Gasteiger partial charge in [0.25, 0.3) is 0 Å². The van der Waals surface area contributed by atoms with Crippen molar-refractivity contribution in [1.29, 1.82) is 0 Å². The quantitative estimate of drug-likeness (QED) is 0.892. The number of hydrogen-bond acceptors (Lipinski definition) is 4. The van der Waals surface area contributed by atoms with Gasteiger partial charge in [-0.3, -0.25) is 9.59 Å². The van der Waals surface area contributed by atoms with E-state index in [0.29, 0.717) is 18.0 Å². The zero-order valence-corrected chi connectivity index (χ0v) is 13.4. The number of hydrogen-bond donors (Lipinski definition) is 1. The van der Waals surface area contributed by atoms with E-state index >= 15 is 0 Å². The van der Waals surface area contributed by atoms with Crippen LogP contribution in [-0.4, -0.2) is 44.5 Å². The molecule has 1 aromatic carbocycles. The van der Waals surface area contributed by atoms with Crippen LogP contribution in [0, 0.1) is 5.92 Å². The van der Waals surface area contributed by atoms with Crippen molar-refractivity contribution in [3.8, 4) is 11.5 Å². The fourth-order valence-corrected chi connectivity index (χ4v) is 3.03. The van der Waals surface area contributed by atoms with Crippen molar-refractivity contribution in [3.63, 3.8) is 0 Å². The number of methoxy groups -OCH3 is 2. The first kappa shape index (κ1) is 16.1. The Bertz CT molecular complexity index is 571. The maximum atomic E-state index is 12.2. The number of likely N-dealkylation sites (tertiary alicyclic amines) is 1. The number of nitrogens with zero attached hydrogens (tertiary/aromatic N) is 1. The molecule has 0 bridgehead atoms. The molecule has 1 aliphatic heterocycles. The van der Waals surface area contributed by atoms with Gasteiger partial charge in [0.1, 0.15) is 11.5 Å². The summed E-state index contributed by atoms with van der Waals surface area (Å²) < 4.78 is 10.6. The summed E-state index contributed by atoms with van der Waals surface area (Å²) in [4.78, 5) is 26.1. The van der Waals surface area contributed by atoms with Gasteiger partial charge in [0.2, 0.25) is 11.8 Å². The van der Waals surface area contributed by atoms with Crippen LogP contribution in [0.3, 0.4) is 0 Å². The van der Waals surface area contributed by atoms with Crippen molar-refractivity contribution in [1.82, 2.24) is 10.2 Å². The molecule has 6 nitrogen and oxygen atoms in total. The number of carbonyl (C=O) groups excluding carboxylic acids is 2. The summed E-state index contributed by atoms with van der Waals surface area (Å²) in [5.74, 6) is 0.724. The number of ether oxygens (including phenoxy) is 2. The third kappa shape index (κ3) is 2.73. The molecule has 1 aromatic rings. The maximum Gasteiger partial charge on any atom is 0.225 e. The molecule has 1 N–H and O–H groups in total. The van der Waals surface area contributed by atoms with Crippen LogP contribution >= 0.6 is 0 Å². The van der Waals surface area contributed by atoms with Gasteiger partial charge in [-0.1, -0.05) is 0 Å². The summed E-state index contributed by atoms with van der Waals surface area (Å²) in [6.07, 6.45) is 0.216. The summed E-state index contributed by atoms with van der Waals surface area (Å²) in [6.45, 7) is 2.46. The largest absolute Gasteiger partial charge is 0.497 e. The van der Waals surface area contributed by atoms with Gasteiger partial charge in [-0.25, -0.2) is 0 Å². The molecule has 2 atom stereocenters. The van der Waals surface area contributed by atoms with Gasteiger partial charge in [0.15, 0.2) is 0 Å². The zero-order valence-electron chi connectivity index (χ0n) is 13.4. The lowest BCUT2D eigenvalue weighted by molar-refractivity contribution is -0.129. The fourth-order valence-electron chi connectivity index (χ4n) is 3.03. The van der Waals surface area contributed by atoms with Gasteiger partial charge in [-0.2, -0.15) is 0 Å². The maximum absolute atomic E-state index is 12.2. The molecule has 22 heavy (non-hydrogen) atoms. The molecule has 6 heteroatoms. The Hall–Kier alpha value is -2.24. The number of rotatable bonds is 5. The lowest BCUT2D eigenvalue weighted by Gasteiger charge is -2.28. The van der Waals surface area contributed by atoms with E-state index in [1.165, 1.54) is 0 Å². The topological polar surface area (TPSA) is 67.9 Å². The van der Waals surface area contributed by atoms with Crippen molar-refractivity contribution >= 4 is 11.8 Å². The van der Waals surface area contributed by atoms with Crippen LogP contribution in [-0.2, 0) is 9.59 Å².